The number of rotatable bonds is 1. The van der Waals surface area contributed by atoms with Crippen molar-refractivity contribution in [2.75, 3.05) is 12.4 Å². The normalized spacial score (nSPS) is 13.0. The second-order valence-electron chi connectivity index (χ2n) is 3.13. The van der Waals surface area contributed by atoms with Crippen molar-refractivity contribution in [2.45, 2.75) is 0 Å². The molecular weight excluding hydrogens is 192 g/mol. The van der Waals surface area contributed by atoms with Gasteiger partial charge >= 0.3 is 5.97 Å². The lowest BCUT2D eigenvalue weighted by Crippen LogP contribution is -2.07. The van der Waals surface area contributed by atoms with Crippen LogP contribution in [-0.2, 0) is 4.74 Å². The number of pyridine rings is 1. The third kappa shape index (κ3) is 1.74. The summed E-state index contributed by atoms with van der Waals surface area (Å²) < 4.78 is 4.61. The fourth-order valence-electron chi connectivity index (χ4n) is 1.33. The van der Waals surface area contributed by atoms with Crippen molar-refractivity contribution < 1.29 is 9.53 Å². The number of methoxy groups -OCH3 is 1. The van der Waals surface area contributed by atoms with Gasteiger partial charge in [-0.3, -0.25) is 4.98 Å². The zero-order chi connectivity index (χ0) is 10.8. The van der Waals surface area contributed by atoms with Gasteiger partial charge in [0, 0.05) is 11.9 Å². The Balaban J connectivity index is 2.42. The molecule has 0 atom stereocenters. The number of allylic oxidation sites excluding steroid dienone is 1. The molecule has 1 aromatic rings. The Bertz CT molecular complexity index is 464. The first-order valence-corrected chi connectivity index (χ1v) is 4.43. The quantitative estimate of drug-likeness (QED) is 0.706. The van der Waals surface area contributed by atoms with Gasteiger partial charge in [-0.1, -0.05) is 6.58 Å². The first kappa shape index (κ1) is 9.45. The summed E-state index contributed by atoms with van der Waals surface area (Å²) in [5, 5.41) is 3.03. The number of carbonyl (C=O) groups is 1. The zero-order valence-electron chi connectivity index (χ0n) is 8.28. The molecule has 0 aromatic carbocycles. The summed E-state index contributed by atoms with van der Waals surface area (Å²) in [4.78, 5) is 15.4. The number of esters is 1. The molecule has 0 amide bonds. The van der Waals surface area contributed by atoms with Crippen molar-refractivity contribution in [1.82, 2.24) is 4.98 Å². The van der Waals surface area contributed by atoms with Crippen molar-refractivity contribution in [3.05, 3.63) is 41.9 Å². The van der Waals surface area contributed by atoms with Gasteiger partial charge in [-0.05, 0) is 18.2 Å². The molecule has 1 aliphatic rings. The standard InChI is InChI=1S/C11H10N2O2/c1-7-3-4-9-10(13-7)5-8(6-12-9)11(14)15-2/h3-6,13H,1H2,2H3. The molecule has 0 fully saturated rings. The highest BCUT2D eigenvalue weighted by molar-refractivity contribution is 5.91. The van der Waals surface area contributed by atoms with Crippen LogP contribution >= 0.6 is 0 Å². The molecule has 2 rings (SSSR count). The smallest absolute Gasteiger partial charge is 0.339 e. The molecule has 2 heterocycles. The minimum atomic E-state index is -0.396. The Hall–Kier alpha value is -2.10. The van der Waals surface area contributed by atoms with Crippen LogP contribution < -0.4 is 5.32 Å². The van der Waals surface area contributed by atoms with E-state index in [2.05, 4.69) is 21.6 Å². The average Bonchev–Trinajstić information content (AvgIpc) is 2.27. The number of hydrogen-bond donors (Lipinski definition) is 1. The number of nitrogens with one attached hydrogen (secondary N) is 1. The summed E-state index contributed by atoms with van der Waals surface area (Å²) in [6.45, 7) is 3.77. The minimum absolute atomic E-state index is 0.396. The molecule has 1 aromatic heterocycles. The summed E-state index contributed by atoms with van der Waals surface area (Å²) in [6, 6.07) is 1.70. The SMILES string of the molecule is C=C1C=Cc2ncc(C(=O)OC)cc2N1. The number of aromatic nitrogens is 1. The minimum Gasteiger partial charge on any atom is -0.465 e. The van der Waals surface area contributed by atoms with E-state index in [1.54, 1.807) is 6.07 Å². The number of ether oxygens (including phenoxy) is 1. The molecule has 4 heteroatoms. The second kappa shape index (κ2) is 3.57. The average molecular weight is 202 g/mol. The van der Waals surface area contributed by atoms with Crippen molar-refractivity contribution in [3.8, 4) is 0 Å². The molecule has 1 N–H and O–H groups in total. The number of carbonyl (C=O) groups excluding carboxylic acids is 1. The predicted octanol–water partition coefficient (Wildman–Crippen LogP) is 1.82. The predicted molar refractivity (Wildman–Crippen MR) is 57.4 cm³/mol. The highest BCUT2D eigenvalue weighted by Gasteiger charge is 2.12. The Morgan fingerprint density at radius 3 is 3.07 bits per heavy atom. The summed E-state index contributed by atoms with van der Waals surface area (Å²) >= 11 is 0. The van der Waals surface area contributed by atoms with Gasteiger partial charge in [-0.25, -0.2) is 4.79 Å². The molecule has 0 radical (unpaired) electrons. The molecule has 0 bridgehead atoms. The zero-order valence-corrected chi connectivity index (χ0v) is 8.28. The maximum atomic E-state index is 11.3. The maximum absolute atomic E-state index is 11.3. The largest absolute Gasteiger partial charge is 0.465 e. The summed E-state index contributed by atoms with van der Waals surface area (Å²) in [7, 11) is 1.34. The molecule has 0 spiro atoms. The van der Waals surface area contributed by atoms with Crippen LogP contribution in [0.1, 0.15) is 16.1 Å². The van der Waals surface area contributed by atoms with Crippen LogP contribution in [-0.4, -0.2) is 18.1 Å². The van der Waals surface area contributed by atoms with Gasteiger partial charge in [0.15, 0.2) is 0 Å². The van der Waals surface area contributed by atoms with E-state index in [1.807, 2.05) is 12.2 Å². The lowest BCUT2D eigenvalue weighted by atomic mass is 10.1. The van der Waals surface area contributed by atoms with E-state index in [9.17, 15) is 4.79 Å². The molecule has 76 valence electrons. The number of fused-ring (bicyclic) bond motifs is 1. The Kier molecular flexibility index (Phi) is 2.25. The van der Waals surface area contributed by atoms with Gasteiger partial charge in [0.25, 0.3) is 0 Å². The summed E-state index contributed by atoms with van der Waals surface area (Å²) in [5.41, 5.74) is 2.75. The van der Waals surface area contributed by atoms with E-state index < -0.39 is 5.97 Å². The molecule has 0 unspecified atom stereocenters. The van der Waals surface area contributed by atoms with E-state index in [0.717, 1.165) is 17.1 Å². The van der Waals surface area contributed by atoms with Crippen molar-refractivity contribution in [3.63, 3.8) is 0 Å². The van der Waals surface area contributed by atoms with E-state index in [-0.39, 0.29) is 0 Å². The highest BCUT2D eigenvalue weighted by atomic mass is 16.5. The lowest BCUT2D eigenvalue weighted by Gasteiger charge is -2.14. The second-order valence-corrected chi connectivity index (χ2v) is 3.13. The van der Waals surface area contributed by atoms with Crippen molar-refractivity contribution in [1.29, 1.82) is 0 Å². The van der Waals surface area contributed by atoms with Gasteiger partial charge in [-0.2, -0.15) is 0 Å². The molecule has 0 aliphatic carbocycles. The van der Waals surface area contributed by atoms with Gasteiger partial charge in [-0.15, -0.1) is 0 Å². The van der Waals surface area contributed by atoms with Gasteiger partial charge in [0.1, 0.15) is 0 Å². The summed E-state index contributed by atoms with van der Waals surface area (Å²) in [5.74, 6) is -0.396. The van der Waals surface area contributed by atoms with Crippen LogP contribution in [0.5, 0.6) is 0 Å². The molecular formula is C11H10N2O2. The molecule has 15 heavy (non-hydrogen) atoms. The van der Waals surface area contributed by atoms with E-state index in [1.165, 1.54) is 13.3 Å². The topological polar surface area (TPSA) is 51.2 Å². The lowest BCUT2D eigenvalue weighted by molar-refractivity contribution is 0.0600. The molecule has 0 saturated heterocycles. The number of anilines is 1. The Morgan fingerprint density at radius 1 is 1.53 bits per heavy atom. The van der Waals surface area contributed by atoms with E-state index in [0.29, 0.717) is 5.56 Å². The highest BCUT2D eigenvalue weighted by Crippen LogP contribution is 2.23. The van der Waals surface area contributed by atoms with Crippen molar-refractivity contribution in [2.24, 2.45) is 0 Å². The molecule has 4 nitrogen and oxygen atoms in total. The first-order chi connectivity index (χ1) is 7.20. The van der Waals surface area contributed by atoms with E-state index in [4.69, 9.17) is 0 Å². The third-order valence-electron chi connectivity index (χ3n) is 2.08. The van der Waals surface area contributed by atoms with Gasteiger partial charge in [0.05, 0.1) is 24.1 Å². The first-order valence-electron chi connectivity index (χ1n) is 4.43. The van der Waals surface area contributed by atoms with Crippen LogP contribution in [0.15, 0.2) is 30.6 Å². The maximum Gasteiger partial charge on any atom is 0.339 e. The third-order valence-corrected chi connectivity index (χ3v) is 2.08. The van der Waals surface area contributed by atoms with Gasteiger partial charge in [0.2, 0.25) is 0 Å². The fourth-order valence-corrected chi connectivity index (χ4v) is 1.33. The number of nitrogens with zero attached hydrogens (tertiary/aromatic N) is 1. The van der Waals surface area contributed by atoms with Crippen LogP contribution in [0, 0.1) is 0 Å². The van der Waals surface area contributed by atoms with Gasteiger partial charge < -0.3 is 10.1 Å². The summed E-state index contributed by atoms with van der Waals surface area (Å²) in [6.07, 6.45) is 5.16. The van der Waals surface area contributed by atoms with E-state index >= 15 is 0 Å². The fraction of sp³-hybridized carbons (Fsp3) is 0.0909. The molecule has 0 saturated carbocycles. The van der Waals surface area contributed by atoms with Crippen molar-refractivity contribution >= 4 is 17.7 Å². The Morgan fingerprint density at radius 2 is 2.33 bits per heavy atom. The number of hydrogen-bond acceptors (Lipinski definition) is 4. The monoisotopic (exact) mass is 202 g/mol. The van der Waals surface area contributed by atoms with Crippen LogP contribution in [0.4, 0.5) is 5.69 Å². The van der Waals surface area contributed by atoms with Crippen LogP contribution in [0.25, 0.3) is 6.08 Å². The Labute approximate surface area is 87.3 Å². The van der Waals surface area contributed by atoms with Crippen LogP contribution in [0.3, 0.4) is 0 Å². The molecule has 1 aliphatic heterocycles. The van der Waals surface area contributed by atoms with Crippen LogP contribution in [0.2, 0.25) is 0 Å².